The number of hydrogen-bond acceptors (Lipinski definition) is 2. The fourth-order valence-electron chi connectivity index (χ4n) is 2.36. The van der Waals surface area contributed by atoms with Crippen molar-refractivity contribution in [3.63, 3.8) is 0 Å². The van der Waals surface area contributed by atoms with Gasteiger partial charge in [0.2, 0.25) is 0 Å². The summed E-state index contributed by atoms with van der Waals surface area (Å²) < 4.78 is 5.10. The molecule has 0 amide bonds. The average Bonchev–Trinajstić information content (AvgIpc) is 2.50. The van der Waals surface area contributed by atoms with E-state index >= 15 is 0 Å². The maximum Gasteiger partial charge on any atom is 0.0603 e. The Morgan fingerprint density at radius 1 is 1.05 bits per heavy atom. The van der Waals surface area contributed by atoms with Crippen LogP contribution in [0, 0.1) is 0 Å². The molecule has 0 fully saturated rings. The van der Waals surface area contributed by atoms with Gasteiger partial charge >= 0.3 is 0 Å². The molecule has 0 radical (unpaired) electrons. The zero-order valence-electron chi connectivity index (χ0n) is 12.2. The van der Waals surface area contributed by atoms with E-state index in [0.717, 1.165) is 24.2 Å². The van der Waals surface area contributed by atoms with Gasteiger partial charge in [-0.05, 0) is 36.7 Å². The number of halogens is 2. The fraction of sp³-hybridized carbons (Fsp3) is 0.294. The maximum atomic E-state index is 6.31. The first-order valence-electron chi connectivity index (χ1n) is 6.86. The number of ether oxygens (including phenoxy) is 1. The lowest BCUT2D eigenvalue weighted by Gasteiger charge is -2.20. The van der Waals surface area contributed by atoms with Gasteiger partial charge in [-0.2, -0.15) is 0 Å². The van der Waals surface area contributed by atoms with E-state index < -0.39 is 0 Å². The molecule has 2 nitrogen and oxygen atoms in total. The van der Waals surface area contributed by atoms with E-state index in [2.05, 4.69) is 29.6 Å². The van der Waals surface area contributed by atoms with E-state index in [1.165, 1.54) is 5.56 Å². The largest absolute Gasteiger partial charge is 0.384 e. The van der Waals surface area contributed by atoms with Gasteiger partial charge in [0.15, 0.2) is 0 Å². The molecule has 4 heteroatoms. The van der Waals surface area contributed by atoms with Crippen LogP contribution in [0.4, 0.5) is 0 Å². The topological polar surface area (TPSA) is 21.3 Å². The van der Waals surface area contributed by atoms with Crippen LogP contribution in [0.2, 0.25) is 10.0 Å². The van der Waals surface area contributed by atoms with Gasteiger partial charge in [0.05, 0.1) is 12.6 Å². The number of benzene rings is 2. The molecule has 2 aromatic carbocycles. The molecule has 1 N–H and O–H groups in total. The van der Waals surface area contributed by atoms with Crippen molar-refractivity contribution >= 4 is 23.2 Å². The Bertz CT molecular complexity index is 564. The summed E-state index contributed by atoms with van der Waals surface area (Å²) in [5, 5.41) is 4.63. The Labute approximate surface area is 136 Å². The molecular formula is C17H19Cl2NO. The molecule has 0 saturated heterocycles. The van der Waals surface area contributed by atoms with E-state index in [4.69, 9.17) is 27.9 Å². The summed E-state index contributed by atoms with van der Waals surface area (Å²) in [5.74, 6) is 0. The van der Waals surface area contributed by atoms with Gasteiger partial charge in [0.25, 0.3) is 0 Å². The number of nitrogens with one attached hydrogen (secondary N) is 1. The molecule has 2 aromatic rings. The van der Waals surface area contributed by atoms with Crippen LogP contribution in [0.5, 0.6) is 0 Å². The number of rotatable bonds is 6. The molecule has 0 heterocycles. The highest BCUT2D eigenvalue weighted by Gasteiger charge is 2.18. The van der Waals surface area contributed by atoms with Crippen molar-refractivity contribution in [2.45, 2.75) is 12.5 Å². The molecule has 1 unspecified atom stereocenters. The monoisotopic (exact) mass is 323 g/mol. The Kier molecular flexibility index (Phi) is 6.07. The lowest BCUT2D eigenvalue weighted by Crippen LogP contribution is -2.18. The van der Waals surface area contributed by atoms with Crippen molar-refractivity contribution in [3.8, 4) is 0 Å². The Hall–Kier alpha value is -1.06. The van der Waals surface area contributed by atoms with Gasteiger partial charge in [0, 0.05) is 22.7 Å². The van der Waals surface area contributed by atoms with Crippen molar-refractivity contribution in [3.05, 3.63) is 69.2 Å². The predicted octanol–water partition coefficient (Wildman–Crippen LogP) is 4.49. The molecule has 0 aromatic heterocycles. The second-order valence-electron chi connectivity index (χ2n) is 4.84. The molecule has 0 saturated carbocycles. The molecule has 112 valence electrons. The Morgan fingerprint density at radius 3 is 2.19 bits per heavy atom. The van der Waals surface area contributed by atoms with Crippen molar-refractivity contribution in [2.24, 2.45) is 0 Å². The van der Waals surface area contributed by atoms with Crippen LogP contribution in [0.25, 0.3) is 0 Å². The minimum Gasteiger partial charge on any atom is -0.384 e. The van der Waals surface area contributed by atoms with Gasteiger partial charge < -0.3 is 10.1 Å². The van der Waals surface area contributed by atoms with E-state index in [-0.39, 0.29) is 6.04 Å². The van der Waals surface area contributed by atoms with Gasteiger partial charge in [-0.1, -0.05) is 53.5 Å². The van der Waals surface area contributed by atoms with Crippen LogP contribution in [-0.4, -0.2) is 20.8 Å². The molecule has 0 aliphatic rings. The van der Waals surface area contributed by atoms with Crippen LogP contribution in [0.1, 0.15) is 22.7 Å². The van der Waals surface area contributed by atoms with Crippen molar-refractivity contribution < 1.29 is 4.74 Å². The van der Waals surface area contributed by atoms with E-state index in [9.17, 15) is 0 Å². The molecule has 0 bridgehead atoms. The minimum absolute atomic E-state index is 0.0253. The van der Waals surface area contributed by atoms with Gasteiger partial charge in [0.1, 0.15) is 0 Å². The van der Waals surface area contributed by atoms with Crippen LogP contribution in [0.15, 0.2) is 42.5 Å². The molecular weight excluding hydrogens is 305 g/mol. The van der Waals surface area contributed by atoms with Crippen LogP contribution in [-0.2, 0) is 11.2 Å². The molecule has 2 rings (SSSR count). The highest BCUT2D eigenvalue weighted by Crippen LogP contribution is 2.33. The normalized spacial score (nSPS) is 12.4. The lowest BCUT2D eigenvalue weighted by atomic mass is 9.97. The quantitative estimate of drug-likeness (QED) is 0.845. The molecule has 0 aliphatic carbocycles. The number of hydrogen-bond donors (Lipinski definition) is 1. The summed E-state index contributed by atoms with van der Waals surface area (Å²) in [4.78, 5) is 0. The highest BCUT2D eigenvalue weighted by molar-refractivity contribution is 6.36. The summed E-state index contributed by atoms with van der Waals surface area (Å²) >= 11 is 12.6. The minimum atomic E-state index is -0.0253. The Balaban J connectivity index is 2.29. The van der Waals surface area contributed by atoms with Crippen molar-refractivity contribution in [2.75, 3.05) is 20.8 Å². The summed E-state index contributed by atoms with van der Waals surface area (Å²) in [6.07, 6.45) is 0.911. The molecule has 1 atom stereocenters. The van der Waals surface area contributed by atoms with E-state index in [1.54, 1.807) is 7.11 Å². The summed E-state index contributed by atoms with van der Waals surface area (Å²) in [6.45, 7) is 0.727. The third-order valence-electron chi connectivity index (χ3n) is 3.48. The zero-order chi connectivity index (χ0) is 15.2. The highest BCUT2D eigenvalue weighted by atomic mass is 35.5. The smallest absolute Gasteiger partial charge is 0.0603 e. The van der Waals surface area contributed by atoms with Crippen LogP contribution in [0.3, 0.4) is 0 Å². The maximum absolute atomic E-state index is 6.31. The molecule has 21 heavy (non-hydrogen) atoms. The van der Waals surface area contributed by atoms with Gasteiger partial charge in [-0.15, -0.1) is 0 Å². The standard InChI is InChI=1S/C17H19Cl2NO/c1-20-17(16-14(18)4-3-5-15(16)19)13-8-6-12(7-9-13)10-11-21-2/h3-9,17,20H,10-11H2,1-2H3. The van der Waals surface area contributed by atoms with E-state index in [1.807, 2.05) is 25.2 Å². The van der Waals surface area contributed by atoms with Crippen LogP contribution < -0.4 is 5.32 Å². The first-order chi connectivity index (χ1) is 10.2. The first-order valence-corrected chi connectivity index (χ1v) is 7.62. The third kappa shape index (κ3) is 3.98. The van der Waals surface area contributed by atoms with E-state index in [0.29, 0.717) is 10.0 Å². The lowest BCUT2D eigenvalue weighted by molar-refractivity contribution is 0.202. The molecule has 0 spiro atoms. The fourth-order valence-corrected chi connectivity index (χ4v) is 2.98. The predicted molar refractivity (Wildman–Crippen MR) is 89.4 cm³/mol. The first kappa shape index (κ1) is 16.3. The third-order valence-corrected chi connectivity index (χ3v) is 4.14. The average molecular weight is 324 g/mol. The summed E-state index contributed by atoms with van der Waals surface area (Å²) in [5.41, 5.74) is 3.29. The Morgan fingerprint density at radius 2 is 1.67 bits per heavy atom. The second-order valence-corrected chi connectivity index (χ2v) is 5.66. The SMILES string of the molecule is CNC(c1ccc(CCOC)cc1)c1c(Cl)cccc1Cl. The van der Waals surface area contributed by atoms with Crippen molar-refractivity contribution in [1.82, 2.24) is 5.32 Å². The van der Waals surface area contributed by atoms with Gasteiger partial charge in [-0.25, -0.2) is 0 Å². The summed E-state index contributed by atoms with van der Waals surface area (Å²) in [7, 11) is 3.62. The zero-order valence-corrected chi connectivity index (χ0v) is 13.7. The summed E-state index contributed by atoms with van der Waals surface area (Å²) in [6, 6.07) is 14.0. The van der Waals surface area contributed by atoms with Crippen molar-refractivity contribution in [1.29, 1.82) is 0 Å². The van der Waals surface area contributed by atoms with Gasteiger partial charge in [-0.3, -0.25) is 0 Å². The second kappa shape index (κ2) is 7.81. The van der Waals surface area contributed by atoms with Crippen LogP contribution >= 0.6 is 23.2 Å². The molecule has 0 aliphatic heterocycles. The number of methoxy groups -OCH3 is 1.